The van der Waals surface area contributed by atoms with Gasteiger partial charge in [-0.15, -0.1) is 0 Å². The highest BCUT2D eigenvalue weighted by Crippen LogP contribution is 2.31. The molecule has 10 nitrogen and oxygen atoms in total. The van der Waals surface area contributed by atoms with Crippen molar-refractivity contribution in [2.24, 2.45) is 0 Å². The van der Waals surface area contributed by atoms with Crippen molar-refractivity contribution in [1.29, 1.82) is 0 Å². The van der Waals surface area contributed by atoms with E-state index >= 15 is 0 Å². The fourth-order valence-electron chi connectivity index (χ4n) is 5.56. The van der Waals surface area contributed by atoms with Gasteiger partial charge in [-0.3, -0.25) is 14.5 Å². The summed E-state index contributed by atoms with van der Waals surface area (Å²) >= 11 is 0. The van der Waals surface area contributed by atoms with Crippen LogP contribution in [0.4, 0.5) is 0 Å². The Morgan fingerprint density at radius 2 is 1.49 bits per heavy atom. The average molecular weight is 603 g/mol. The summed E-state index contributed by atoms with van der Waals surface area (Å²) in [5, 5.41) is 1.99. The van der Waals surface area contributed by atoms with Crippen molar-refractivity contribution in [2.45, 2.75) is 31.1 Å². The first-order valence-corrected chi connectivity index (χ1v) is 15.7. The maximum Gasteiger partial charge on any atom is 0.303 e. The van der Waals surface area contributed by atoms with Crippen molar-refractivity contribution in [1.82, 2.24) is 29.3 Å². The number of benzene rings is 3. The maximum absolute atomic E-state index is 14.4. The second kappa shape index (κ2) is 12.7. The molecule has 0 spiro atoms. The second-order valence-electron chi connectivity index (χ2n) is 11.2. The third kappa shape index (κ3) is 6.80. The Kier molecular flexibility index (Phi) is 8.97. The van der Waals surface area contributed by atoms with E-state index in [4.69, 9.17) is 0 Å². The molecule has 43 heavy (non-hydrogen) atoms. The lowest BCUT2D eigenvalue weighted by molar-refractivity contribution is -0.145. The highest BCUT2D eigenvalue weighted by atomic mass is 32.2. The molecule has 0 aromatic heterocycles. The van der Waals surface area contributed by atoms with Gasteiger partial charge in [-0.1, -0.05) is 91.0 Å². The molecular weight excluding hydrogens is 564 g/mol. The van der Waals surface area contributed by atoms with E-state index in [-0.39, 0.29) is 19.0 Å². The largest absolute Gasteiger partial charge is 0.327 e. The van der Waals surface area contributed by atoms with Crippen LogP contribution >= 0.6 is 0 Å². The first-order valence-electron chi connectivity index (χ1n) is 14.2. The van der Waals surface area contributed by atoms with Crippen molar-refractivity contribution >= 4 is 22.0 Å². The zero-order valence-electron chi connectivity index (χ0n) is 24.6. The zero-order chi connectivity index (χ0) is 30.6. The number of hydrazine groups is 1. The third-order valence-electron chi connectivity index (χ3n) is 7.99. The third-order valence-corrected chi connectivity index (χ3v) is 9.41. The van der Waals surface area contributed by atoms with Crippen molar-refractivity contribution < 1.29 is 18.0 Å². The van der Waals surface area contributed by atoms with Crippen LogP contribution in [-0.4, -0.2) is 84.8 Å². The van der Waals surface area contributed by atoms with Gasteiger partial charge in [0.15, 0.2) is 0 Å². The fourth-order valence-corrected chi connectivity index (χ4v) is 6.14. The minimum atomic E-state index is -4.08. The molecule has 0 bridgehead atoms. The van der Waals surface area contributed by atoms with Crippen LogP contribution in [0.25, 0.3) is 0 Å². The molecule has 2 aliphatic heterocycles. The summed E-state index contributed by atoms with van der Waals surface area (Å²) in [5.74, 6) is -1.67. The minimum Gasteiger partial charge on any atom is -0.327 e. The van der Waals surface area contributed by atoms with Crippen molar-refractivity contribution in [3.8, 4) is 0 Å². The number of carbonyl (C=O) groups excluding carboxylic acids is 2. The first-order chi connectivity index (χ1) is 20.6. The maximum atomic E-state index is 14.4. The molecule has 1 fully saturated rings. The number of piperazine rings is 1. The quantitative estimate of drug-likeness (QED) is 0.388. The van der Waals surface area contributed by atoms with Gasteiger partial charge in [0.05, 0.1) is 12.5 Å². The Balaban J connectivity index is 1.43. The minimum absolute atomic E-state index is 0.129. The summed E-state index contributed by atoms with van der Waals surface area (Å²) in [6.07, 6.45) is 3.99. The van der Waals surface area contributed by atoms with Crippen molar-refractivity contribution in [3.05, 3.63) is 120 Å². The van der Waals surface area contributed by atoms with E-state index in [9.17, 15) is 18.0 Å². The first kappa shape index (κ1) is 30.4. The van der Waals surface area contributed by atoms with Gasteiger partial charge < -0.3 is 9.91 Å². The molecular formula is C32H38N6O4S. The number of amides is 2. The van der Waals surface area contributed by atoms with Crippen LogP contribution in [0.3, 0.4) is 0 Å². The predicted octanol–water partition coefficient (Wildman–Crippen LogP) is 2.50. The molecule has 11 heteroatoms. The zero-order valence-corrected chi connectivity index (χ0v) is 25.4. The lowest BCUT2D eigenvalue weighted by atomic mass is 9.89. The van der Waals surface area contributed by atoms with E-state index in [1.54, 1.807) is 0 Å². The topological polar surface area (TPSA) is 105 Å². The molecule has 2 amide bonds. The smallest absolute Gasteiger partial charge is 0.303 e. The standard InChI is InChI=1S/C32H38N6O4S/c1-32(19-20-37(34-32)23-25-13-7-4-8-14-25)36-21-22-38(28(24-36)30(39)33-43(41,42)35(2)3)31(40)29(26-15-9-5-10-16-26)27-17-11-6-12-18-27/h4-20,28-29,34H,21-24H2,1-3H3,(H,33,39)/t28-,32?/m0/s1. The van der Waals surface area contributed by atoms with Crippen LogP contribution < -0.4 is 10.1 Å². The molecule has 2 atom stereocenters. The Bertz CT molecular complexity index is 1510. The fraction of sp³-hybridized carbons (Fsp3) is 0.312. The van der Waals surface area contributed by atoms with Gasteiger partial charge in [0.1, 0.15) is 11.7 Å². The number of rotatable bonds is 9. The predicted molar refractivity (Wildman–Crippen MR) is 165 cm³/mol. The number of nitrogens with one attached hydrogen (secondary N) is 2. The van der Waals surface area contributed by atoms with Crippen LogP contribution in [0.5, 0.6) is 0 Å². The van der Waals surface area contributed by atoms with Crippen molar-refractivity contribution in [3.63, 3.8) is 0 Å². The normalized spacial score (nSPS) is 21.0. The van der Waals surface area contributed by atoms with Crippen LogP contribution in [0, 0.1) is 0 Å². The van der Waals surface area contributed by atoms with E-state index < -0.39 is 33.7 Å². The molecule has 226 valence electrons. The summed E-state index contributed by atoms with van der Waals surface area (Å²) in [7, 11) is -1.38. The molecule has 0 saturated carbocycles. The summed E-state index contributed by atoms with van der Waals surface area (Å²) in [6.45, 7) is 3.49. The highest BCUT2D eigenvalue weighted by molar-refractivity contribution is 7.87. The van der Waals surface area contributed by atoms with Gasteiger partial charge in [-0.05, 0) is 29.7 Å². The van der Waals surface area contributed by atoms with Crippen molar-refractivity contribution in [2.75, 3.05) is 33.7 Å². The molecule has 0 aliphatic carbocycles. The second-order valence-corrected chi connectivity index (χ2v) is 13.1. The van der Waals surface area contributed by atoms with Crippen LogP contribution in [0.1, 0.15) is 29.5 Å². The summed E-state index contributed by atoms with van der Waals surface area (Å²) in [4.78, 5) is 31.7. The number of carbonyl (C=O) groups is 2. The Labute approximate surface area is 253 Å². The van der Waals surface area contributed by atoms with Gasteiger partial charge in [0.25, 0.3) is 5.91 Å². The van der Waals surface area contributed by atoms with Crippen LogP contribution in [-0.2, 0) is 26.3 Å². The van der Waals surface area contributed by atoms with Gasteiger partial charge in [-0.2, -0.15) is 12.7 Å². The summed E-state index contributed by atoms with van der Waals surface area (Å²) in [5.41, 5.74) is 5.60. The SMILES string of the molecule is CN(C)S(=O)(=O)NC(=O)[C@@H]1CN(C2(C)C=CN(Cc3ccccc3)N2)CCN1C(=O)C(c1ccccc1)c1ccccc1. The van der Waals surface area contributed by atoms with E-state index in [0.29, 0.717) is 13.1 Å². The van der Waals surface area contributed by atoms with Gasteiger partial charge in [0.2, 0.25) is 5.91 Å². The van der Waals surface area contributed by atoms with Gasteiger partial charge in [0, 0.05) is 39.9 Å². The molecule has 0 radical (unpaired) electrons. The number of nitrogens with zero attached hydrogens (tertiary/aromatic N) is 4. The van der Waals surface area contributed by atoms with Crippen LogP contribution in [0.2, 0.25) is 0 Å². The molecule has 5 rings (SSSR count). The lowest BCUT2D eigenvalue weighted by Gasteiger charge is -2.47. The Hall–Kier alpha value is -4.03. The summed E-state index contributed by atoms with van der Waals surface area (Å²) in [6, 6.07) is 27.9. The van der Waals surface area contributed by atoms with Gasteiger partial charge >= 0.3 is 10.2 Å². The summed E-state index contributed by atoms with van der Waals surface area (Å²) < 4.78 is 28.5. The monoisotopic (exact) mass is 602 g/mol. The van der Waals surface area contributed by atoms with E-state index in [1.807, 2.05) is 103 Å². The van der Waals surface area contributed by atoms with Gasteiger partial charge in [-0.25, -0.2) is 10.1 Å². The number of hydrogen-bond acceptors (Lipinski definition) is 7. The molecule has 2 heterocycles. The molecule has 1 saturated heterocycles. The van der Waals surface area contributed by atoms with Crippen LogP contribution in [0.15, 0.2) is 103 Å². The average Bonchev–Trinajstić information content (AvgIpc) is 3.39. The molecule has 1 unspecified atom stereocenters. The van der Waals surface area contributed by atoms with E-state index in [1.165, 1.54) is 19.0 Å². The Morgan fingerprint density at radius 3 is 2.05 bits per heavy atom. The number of hydrogen-bond donors (Lipinski definition) is 2. The molecule has 2 aliphatic rings. The molecule has 3 aromatic carbocycles. The highest BCUT2D eigenvalue weighted by Gasteiger charge is 2.45. The molecule has 3 aromatic rings. The van der Waals surface area contributed by atoms with E-state index in [0.717, 1.165) is 21.0 Å². The lowest BCUT2D eigenvalue weighted by Crippen LogP contribution is -2.68. The Morgan fingerprint density at radius 1 is 0.930 bits per heavy atom. The van der Waals surface area contributed by atoms with E-state index in [2.05, 4.69) is 27.2 Å². The molecule has 2 N–H and O–H groups in total.